The first-order chi connectivity index (χ1) is 18.6. The molecule has 200 valence electrons. The molecule has 0 fully saturated rings. The van der Waals surface area contributed by atoms with Crippen molar-refractivity contribution in [2.75, 3.05) is 0 Å². The van der Waals surface area contributed by atoms with Gasteiger partial charge in [-0.2, -0.15) is 0 Å². The van der Waals surface area contributed by atoms with Crippen LogP contribution in [0.25, 0.3) is 27.8 Å². The molecule has 4 rings (SSSR count). The summed E-state index contributed by atoms with van der Waals surface area (Å²) in [7, 11) is 0. The zero-order chi connectivity index (χ0) is 26.8. The van der Waals surface area contributed by atoms with E-state index in [4.69, 9.17) is 0 Å². The highest BCUT2D eigenvalue weighted by Crippen LogP contribution is 2.42. The molecular formula is C36H42F2. The van der Waals surface area contributed by atoms with Gasteiger partial charge in [-0.05, 0) is 46.9 Å². The summed E-state index contributed by atoms with van der Waals surface area (Å²) in [6.45, 7) is 4.49. The molecule has 3 aromatic rings. The van der Waals surface area contributed by atoms with Crippen molar-refractivity contribution in [2.45, 2.75) is 84.5 Å². The minimum Gasteiger partial charge on any atom is -0.203 e. The van der Waals surface area contributed by atoms with Crippen molar-refractivity contribution in [2.24, 2.45) is 5.41 Å². The zero-order valence-electron chi connectivity index (χ0n) is 23.1. The summed E-state index contributed by atoms with van der Waals surface area (Å²) in [5.74, 6) is -1.54. The summed E-state index contributed by atoms with van der Waals surface area (Å²) in [5.41, 5.74) is 4.42. The van der Waals surface area contributed by atoms with Gasteiger partial charge in [-0.15, -0.1) is 0 Å². The second kappa shape index (κ2) is 13.7. The lowest BCUT2D eigenvalue weighted by atomic mass is 9.72. The molecule has 0 aromatic heterocycles. The van der Waals surface area contributed by atoms with Crippen LogP contribution in [0.1, 0.15) is 90.0 Å². The van der Waals surface area contributed by atoms with Gasteiger partial charge in [-0.3, -0.25) is 0 Å². The molecule has 38 heavy (non-hydrogen) atoms. The van der Waals surface area contributed by atoms with Gasteiger partial charge < -0.3 is 0 Å². The van der Waals surface area contributed by atoms with E-state index in [0.717, 1.165) is 36.0 Å². The van der Waals surface area contributed by atoms with E-state index < -0.39 is 11.6 Å². The molecule has 3 aromatic carbocycles. The lowest BCUT2D eigenvalue weighted by Gasteiger charge is -2.32. The standard InChI is InChI=1S/C36H42F2/c1-3-5-6-7-8-9-13-25-36(24-4-2)26-22-31(23-27-36)33-21-20-32(34(37)35(33)38)30-18-16-29(17-19-30)28-14-11-10-12-15-28/h10-12,14-23,26H,3-9,13,24-25,27H2,1-2H3. The highest BCUT2D eigenvalue weighted by molar-refractivity contribution is 5.78. The van der Waals surface area contributed by atoms with E-state index in [-0.39, 0.29) is 5.41 Å². The maximum atomic E-state index is 15.3. The smallest absolute Gasteiger partial charge is 0.167 e. The normalized spacial score (nSPS) is 17.0. The van der Waals surface area contributed by atoms with Gasteiger partial charge in [-0.25, -0.2) is 8.78 Å². The van der Waals surface area contributed by atoms with Crippen molar-refractivity contribution in [3.8, 4) is 22.3 Å². The predicted octanol–water partition coefficient (Wildman–Crippen LogP) is 11.6. The van der Waals surface area contributed by atoms with E-state index in [1.54, 1.807) is 12.1 Å². The fraction of sp³-hybridized carbons (Fsp3) is 0.389. The van der Waals surface area contributed by atoms with E-state index in [1.165, 1.54) is 51.4 Å². The van der Waals surface area contributed by atoms with Gasteiger partial charge >= 0.3 is 0 Å². The van der Waals surface area contributed by atoms with Crippen LogP contribution < -0.4 is 0 Å². The summed E-state index contributed by atoms with van der Waals surface area (Å²) in [6.07, 6.45) is 19.9. The highest BCUT2D eigenvalue weighted by Gasteiger charge is 2.28. The third-order valence-electron chi connectivity index (χ3n) is 8.07. The van der Waals surface area contributed by atoms with Gasteiger partial charge in [0.25, 0.3) is 0 Å². The van der Waals surface area contributed by atoms with Crippen LogP contribution in [0.4, 0.5) is 8.78 Å². The van der Waals surface area contributed by atoms with Crippen LogP contribution in [0.15, 0.2) is 85.0 Å². The maximum Gasteiger partial charge on any atom is 0.167 e. The molecule has 0 spiro atoms. The topological polar surface area (TPSA) is 0 Å². The molecule has 1 aliphatic carbocycles. The number of hydrogen-bond donors (Lipinski definition) is 0. The Morgan fingerprint density at radius 1 is 0.605 bits per heavy atom. The van der Waals surface area contributed by atoms with Crippen LogP contribution in [0, 0.1) is 17.0 Å². The summed E-state index contributed by atoms with van der Waals surface area (Å²) < 4.78 is 30.6. The summed E-state index contributed by atoms with van der Waals surface area (Å²) in [6, 6.07) is 21.1. The van der Waals surface area contributed by atoms with E-state index >= 15 is 8.78 Å². The van der Waals surface area contributed by atoms with Crippen molar-refractivity contribution in [3.63, 3.8) is 0 Å². The average molecular weight is 513 g/mol. The molecule has 1 atom stereocenters. The van der Waals surface area contributed by atoms with Gasteiger partial charge in [0.1, 0.15) is 0 Å². The van der Waals surface area contributed by atoms with Crippen LogP contribution in [-0.2, 0) is 0 Å². The highest BCUT2D eigenvalue weighted by atomic mass is 19.2. The van der Waals surface area contributed by atoms with Gasteiger partial charge in [0.15, 0.2) is 11.6 Å². The van der Waals surface area contributed by atoms with Crippen LogP contribution in [-0.4, -0.2) is 0 Å². The minimum atomic E-state index is -0.780. The number of benzene rings is 3. The van der Waals surface area contributed by atoms with Gasteiger partial charge in [0, 0.05) is 11.1 Å². The number of halogens is 2. The van der Waals surface area contributed by atoms with Crippen molar-refractivity contribution in [1.82, 2.24) is 0 Å². The van der Waals surface area contributed by atoms with Gasteiger partial charge in [-0.1, -0.05) is 150 Å². The predicted molar refractivity (Wildman–Crippen MR) is 159 cm³/mol. The first-order valence-corrected chi connectivity index (χ1v) is 14.6. The van der Waals surface area contributed by atoms with Crippen molar-refractivity contribution in [3.05, 3.63) is 102 Å². The number of allylic oxidation sites excluding steroid dienone is 4. The molecule has 1 unspecified atom stereocenters. The van der Waals surface area contributed by atoms with Gasteiger partial charge in [0.2, 0.25) is 0 Å². The molecule has 0 saturated carbocycles. The van der Waals surface area contributed by atoms with Crippen LogP contribution in [0.2, 0.25) is 0 Å². The Kier molecular flexibility index (Phi) is 10.1. The van der Waals surface area contributed by atoms with Crippen molar-refractivity contribution in [1.29, 1.82) is 0 Å². The number of hydrogen-bond acceptors (Lipinski definition) is 0. The Morgan fingerprint density at radius 3 is 1.87 bits per heavy atom. The molecular weight excluding hydrogens is 470 g/mol. The minimum absolute atomic E-state index is 0.150. The second-order valence-corrected chi connectivity index (χ2v) is 10.9. The molecule has 0 nitrogen and oxygen atoms in total. The average Bonchev–Trinajstić information content (AvgIpc) is 2.95. The van der Waals surface area contributed by atoms with E-state index in [9.17, 15) is 0 Å². The third kappa shape index (κ3) is 6.90. The molecule has 0 N–H and O–H groups in total. The van der Waals surface area contributed by atoms with Crippen LogP contribution >= 0.6 is 0 Å². The molecule has 1 aliphatic rings. The fourth-order valence-corrected chi connectivity index (χ4v) is 5.81. The largest absolute Gasteiger partial charge is 0.203 e. The summed E-state index contributed by atoms with van der Waals surface area (Å²) >= 11 is 0. The molecule has 0 heterocycles. The van der Waals surface area contributed by atoms with Crippen molar-refractivity contribution >= 4 is 5.57 Å². The SMILES string of the molecule is CCCCCCCCCC1(CCC)C=CC(c2ccc(-c3ccc(-c4ccccc4)cc3)c(F)c2F)=CC1. The Balaban J connectivity index is 1.43. The quantitative estimate of drug-likeness (QED) is 0.200. The lowest BCUT2D eigenvalue weighted by molar-refractivity contribution is 0.306. The second-order valence-electron chi connectivity index (χ2n) is 10.9. The maximum absolute atomic E-state index is 15.3. The first kappa shape index (κ1) is 28.0. The van der Waals surface area contributed by atoms with Crippen LogP contribution in [0.3, 0.4) is 0 Å². The van der Waals surface area contributed by atoms with E-state index in [0.29, 0.717) is 16.7 Å². The Labute approximate surface area is 228 Å². The summed E-state index contributed by atoms with van der Waals surface area (Å²) in [4.78, 5) is 0. The molecule has 0 aliphatic heterocycles. The molecule has 0 saturated heterocycles. The number of rotatable bonds is 13. The summed E-state index contributed by atoms with van der Waals surface area (Å²) in [5, 5.41) is 0. The van der Waals surface area contributed by atoms with Crippen LogP contribution in [0.5, 0.6) is 0 Å². The molecule has 0 radical (unpaired) electrons. The number of unbranched alkanes of at least 4 members (excludes halogenated alkanes) is 6. The Hall–Kier alpha value is -3.00. The molecule has 2 heteroatoms. The molecule has 0 bridgehead atoms. The van der Waals surface area contributed by atoms with E-state index in [1.807, 2.05) is 60.7 Å². The Bertz CT molecular complexity index is 1220. The lowest BCUT2D eigenvalue weighted by Crippen LogP contribution is -2.19. The monoisotopic (exact) mass is 512 g/mol. The first-order valence-electron chi connectivity index (χ1n) is 14.6. The van der Waals surface area contributed by atoms with Crippen molar-refractivity contribution < 1.29 is 8.78 Å². The fourth-order valence-electron chi connectivity index (χ4n) is 5.81. The Morgan fingerprint density at radius 2 is 1.21 bits per heavy atom. The van der Waals surface area contributed by atoms with E-state index in [2.05, 4.69) is 26.0 Å². The van der Waals surface area contributed by atoms with Gasteiger partial charge in [0.05, 0.1) is 0 Å². The zero-order valence-corrected chi connectivity index (χ0v) is 23.1. The third-order valence-corrected chi connectivity index (χ3v) is 8.07. The molecule has 0 amide bonds.